The molecule has 4 heteroatoms. The van der Waals surface area contributed by atoms with Crippen LogP contribution in [0.5, 0.6) is 5.75 Å². The van der Waals surface area contributed by atoms with E-state index in [0.29, 0.717) is 0 Å². The van der Waals surface area contributed by atoms with Gasteiger partial charge in [0.25, 0.3) is 0 Å². The molecule has 0 saturated carbocycles. The first kappa shape index (κ1) is 15.1. The van der Waals surface area contributed by atoms with E-state index in [4.69, 9.17) is 14.1 Å². The Bertz CT molecular complexity index is 670. The van der Waals surface area contributed by atoms with Gasteiger partial charge in [-0.05, 0) is 70.0 Å². The van der Waals surface area contributed by atoms with Gasteiger partial charge in [-0.15, -0.1) is 0 Å². The number of oxazole rings is 1. The fourth-order valence-electron chi connectivity index (χ4n) is 3.08. The van der Waals surface area contributed by atoms with E-state index >= 15 is 0 Å². The number of aromatic nitrogens is 1. The largest absolute Gasteiger partial charge is 0.496 e. The maximum atomic E-state index is 5.94. The summed E-state index contributed by atoms with van der Waals surface area (Å²) in [6.07, 6.45) is 2.58. The monoisotopic (exact) mass is 300 g/mol. The Morgan fingerprint density at radius 3 is 2.55 bits per heavy atom. The second kappa shape index (κ2) is 6.13. The van der Waals surface area contributed by atoms with E-state index in [0.717, 1.165) is 46.3 Å². The third-order valence-electron chi connectivity index (χ3n) is 4.44. The molecule has 118 valence electrons. The van der Waals surface area contributed by atoms with Crippen molar-refractivity contribution in [2.75, 3.05) is 20.2 Å². The first-order valence-electron chi connectivity index (χ1n) is 7.92. The minimum atomic E-state index is 0.718. The molecule has 0 amide bonds. The van der Waals surface area contributed by atoms with Crippen molar-refractivity contribution in [1.82, 2.24) is 9.88 Å². The van der Waals surface area contributed by atoms with Gasteiger partial charge >= 0.3 is 0 Å². The lowest BCUT2D eigenvalue weighted by Crippen LogP contribution is -2.19. The molecule has 0 spiro atoms. The van der Waals surface area contributed by atoms with Gasteiger partial charge in [0, 0.05) is 12.1 Å². The first-order chi connectivity index (χ1) is 10.6. The summed E-state index contributed by atoms with van der Waals surface area (Å²) in [6.45, 7) is 9.35. The smallest absolute Gasteiger partial charge is 0.226 e. The Hall–Kier alpha value is -1.81. The Morgan fingerprint density at radius 2 is 1.86 bits per heavy atom. The van der Waals surface area contributed by atoms with Crippen molar-refractivity contribution in [3.8, 4) is 17.2 Å². The molecule has 1 fully saturated rings. The summed E-state index contributed by atoms with van der Waals surface area (Å²) < 4.78 is 11.3. The summed E-state index contributed by atoms with van der Waals surface area (Å²) in [5.74, 6) is 2.55. The highest BCUT2D eigenvalue weighted by Gasteiger charge is 2.19. The number of hydrogen-bond acceptors (Lipinski definition) is 4. The zero-order valence-electron chi connectivity index (χ0n) is 13.9. The van der Waals surface area contributed by atoms with E-state index in [1.807, 2.05) is 19.9 Å². The van der Waals surface area contributed by atoms with E-state index < -0.39 is 0 Å². The van der Waals surface area contributed by atoms with Gasteiger partial charge in [0.2, 0.25) is 5.89 Å². The molecule has 4 nitrogen and oxygen atoms in total. The van der Waals surface area contributed by atoms with Gasteiger partial charge < -0.3 is 9.15 Å². The Balaban J connectivity index is 1.90. The number of nitrogens with zero attached hydrogens (tertiary/aromatic N) is 2. The molecule has 1 aliphatic rings. The van der Waals surface area contributed by atoms with Crippen LogP contribution >= 0.6 is 0 Å². The van der Waals surface area contributed by atoms with Crippen LogP contribution < -0.4 is 4.74 Å². The molecule has 0 bridgehead atoms. The summed E-state index contributed by atoms with van der Waals surface area (Å²) in [5.41, 5.74) is 4.33. The molecule has 1 saturated heterocycles. The van der Waals surface area contributed by atoms with E-state index in [-0.39, 0.29) is 0 Å². The zero-order valence-corrected chi connectivity index (χ0v) is 13.9. The maximum Gasteiger partial charge on any atom is 0.226 e. The Morgan fingerprint density at radius 1 is 1.14 bits per heavy atom. The molecule has 3 rings (SSSR count). The number of benzene rings is 1. The molecule has 0 aliphatic carbocycles. The average molecular weight is 300 g/mol. The van der Waals surface area contributed by atoms with Gasteiger partial charge in [-0.2, -0.15) is 0 Å². The van der Waals surface area contributed by atoms with Crippen molar-refractivity contribution in [1.29, 1.82) is 0 Å². The van der Waals surface area contributed by atoms with Crippen LogP contribution in [-0.2, 0) is 6.54 Å². The van der Waals surface area contributed by atoms with E-state index in [2.05, 4.69) is 17.9 Å². The fourth-order valence-corrected chi connectivity index (χ4v) is 3.08. The molecule has 0 unspecified atom stereocenters. The summed E-state index contributed by atoms with van der Waals surface area (Å²) in [4.78, 5) is 7.20. The maximum absolute atomic E-state index is 5.94. The van der Waals surface area contributed by atoms with Crippen LogP contribution in [-0.4, -0.2) is 30.1 Å². The van der Waals surface area contributed by atoms with Crippen LogP contribution in [0.1, 0.15) is 35.4 Å². The lowest BCUT2D eigenvalue weighted by Gasteiger charge is -2.12. The predicted octanol–water partition coefficient (Wildman–Crippen LogP) is 3.87. The van der Waals surface area contributed by atoms with Crippen molar-refractivity contribution in [3.05, 3.63) is 34.7 Å². The quantitative estimate of drug-likeness (QED) is 0.859. The van der Waals surface area contributed by atoms with Crippen LogP contribution in [0.4, 0.5) is 0 Å². The number of rotatable bonds is 4. The van der Waals surface area contributed by atoms with Crippen molar-refractivity contribution in [2.45, 2.75) is 40.2 Å². The molecule has 1 aromatic carbocycles. The summed E-state index contributed by atoms with van der Waals surface area (Å²) in [6, 6.07) is 4.14. The lowest BCUT2D eigenvalue weighted by molar-refractivity contribution is 0.325. The van der Waals surface area contributed by atoms with Crippen molar-refractivity contribution < 1.29 is 9.15 Å². The molecular formula is C18H24N2O2. The van der Waals surface area contributed by atoms with Crippen LogP contribution in [0.2, 0.25) is 0 Å². The van der Waals surface area contributed by atoms with E-state index in [1.54, 1.807) is 7.11 Å². The third kappa shape index (κ3) is 2.88. The number of hydrogen-bond donors (Lipinski definition) is 0. The second-order valence-corrected chi connectivity index (χ2v) is 6.14. The van der Waals surface area contributed by atoms with Crippen molar-refractivity contribution in [2.24, 2.45) is 0 Å². The molecule has 1 aromatic heterocycles. The van der Waals surface area contributed by atoms with Gasteiger partial charge in [0.05, 0.1) is 12.8 Å². The van der Waals surface area contributed by atoms with Gasteiger partial charge in [0.15, 0.2) is 0 Å². The minimum Gasteiger partial charge on any atom is -0.496 e. The van der Waals surface area contributed by atoms with Gasteiger partial charge in [0.1, 0.15) is 11.5 Å². The van der Waals surface area contributed by atoms with E-state index in [1.165, 1.54) is 25.9 Å². The second-order valence-electron chi connectivity index (χ2n) is 6.14. The molecule has 0 radical (unpaired) electrons. The molecule has 2 heterocycles. The molecule has 0 N–H and O–H groups in total. The highest BCUT2D eigenvalue weighted by atomic mass is 16.5. The van der Waals surface area contributed by atoms with Gasteiger partial charge in [-0.1, -0.05) is 0 Å². The van der Waals surface area contributed by atoms with Gasteiger partial charge in [-0.3, -0.25) is 4.90 Å². The van der Waals surface area contributed by atoms with Crippen LogP contribution in [0.15, 0.2) is 16.5 Å². The number of ether oxygens (including phenoxy) is 1. The Kier molecular flexibility index (Phi) is 4.21. The number of aryl methyl sites for hydroxylation is 3. The first-order valence-corrected chi connectivity index (χ1v) is 7.92. The van der Waals surface area contributed by atoms with Crippen molar-refractivity contribution >= 4 is 0 Å². The fraction of sp³-hybridized carbons (Fsp3) is 0.500. The SMILES string of the molecule is COc1cc(C)c(-c2nc(CN3CCCC3)c(C)o2)cc1C. The van der Waals surface area contributed by atoms with Crippen molar-refractivity contribution in [3.63, 3.8) is 0 Å². The average Bonchev–Trinajstić information content (AvgIpc) is 3.12. The number of likely N-dealkylation sites (tertiary alicyclic amines) is 1. The molecule has 0 atom stereocenters. The zero-order chi connectivity index (χ0) is 15.7. The highest BCUT2D eigenvalue weighted by molar-refractivity contribution is 5.62. The predicted molar refractivity (Wildman–Crippen MR) is 87.2 cm³/mol. The molecule has 22 heavy (non-hydrogen) atoms. The normalized spacial score (nSPS) is 15.5. The minimum absolute atomic E-state index is 0.718. The lowest BCUT2D eigenvalue weighted by atomic mass is 10.0. The number of methoxy groups -OCH3 is 1. The topological polar surface area (TPSA) is 38.5 Å². The molecular weight excluding hydrogens is 276 g/mol. The van der Waals surface area contributed by atoms with Crippen LogP contribution in [0.25, 0.3) is 11.5 Å². The van der Waals surface area contributed by atoms with Crippen LogP contribution in [0, 0.1) is 20.8 Å². The summed E-state index contributed by atoms with van der Waals surface area (Å²) in [7, 11) is 1.70. The standard InChI is InChI=1S/C18H24N2O2/c1-12-10-17(21-4)13(2)9-15(12)18-19-16(14(3)22-18)11-20-7-5-6-8-20/h9-10H,5-8,11H2,1-4H3. The molecule has 2 aromatic rings. The summed E-state index contributed by atoms with van der Waals surface area (Å²) >= 11 is 0. The highest BCUT2D eigenvalue weighted by Crippen LogP contribution is 2.31. The van der Waals surface area contributed by atoms with Gasteiger partial charge in [-0.25, -0.2) is 4.98 Å². The van der Waals surface area contributed by atoms with E-state index in [9.17, 15) is 0 Å². The summed E-state index contributed by atoms with van der Waals surface area (Å²) in [5, 5.41) is 0. The third-order valence-corrected chi connectivity index (χ3v) is 4.44. The van der Waals surface area contributed by atoms with Crippen LogP contribution in [0.3, 0.4) is 0 Å². The molecule has 1 aliphatic heterocycles. The Labute approximate surface area is 132 Å².